The summed E-state index contributed by atoms with van der Waals surface area (Å²) in [7, 11) is 0. The molecule has 2 aliphatic rings. The van der Waals surface area contributed by atoms with Gasteiger partial charge in [0.2, 0.25) is 5.91 Å². The maximum Gasteiger partial charge on any atom is 0.407 e. The number of carbonyl (C=O) groups is 2. The van der Waals surface area contributed by atoms with Gasteiger partial charge in [-0.15, -0.1) is 0 Å². The van der Waals surface area contributed by atoms with E-state index in [1.807, 2.05) is 39.0 Å². The van der Waals surface area contributed by atoms with Gasteiger partial charge < -0.3 is 20.3 Å². The molecule has 1 saturated heterocycles. The normalized spacial score (nSPS) is 21.5. The Balaban J connectivity index is 1.60. The molecule has 1 aliphatic heterocycles. The van der Waals surface area contributed by atoms with E-state index in [1.54, 1.807) is 10.6 Å². The van der Waals surface area contributed by atoms with Gasteiger partial charge in [0.1, 0.15) is 5.65 Å². The Morgan fingerprint density at radius 2 is 1.97 bits per heavy atom. The third-order valence-corrected chi connectivity index (χ3v) is 6.94. The van der Waals surface area contributed by atoms with Crippen LogP contribution in [-0.2, 0) is 4.79 Å². The van der Waals surface area contributed by atoms with E-state index in [1.165, 1.54) is 4.90 Å². The average molecular weight is 452 g/mol. The molecule has 2 fully saturated rings. The van der Waals surface area contributed by atoms with Gasteiger partial charge in [0, 0.05) is 30.5 Å². The molecule has 174 valence electrons. The average Bonchev–Trinajstić information content (AvgIpc) is 3.54. The summed E-state index contributed by atoms with van der Waals surface area (Å²) in [5, 5.41) is 18.2. The summed E-state index contributed by atoms with van der Waals surface area (Å²) in [6.45, 7) is 6.53. The van der Waals surface area contributed by atoms with Crippen LogP contribution in [0.15, 0.2) is 29.1 Å². The second-order valence-corrected chi connectivity index (χ2v) is 10.4. The zero-order valence-corrected chi connectivity index (χ0v) is 19.1. The summed E-state index contributed by atoms with van der Waals surface area (Å²) in [6.07, 6.45) is 2.11. The van der Waals surface area contributed by atoms with Crippen LogP contribution in [0.25, 0.3) is 16.6 Å². The molecule has 9 heteroatoms. The number of carbonyl (C=O) groups excluding carboxylic acids is 1. The second-order valence-electron chi connectivity index (χ2n) is 10.4. The fraction of sp³-hybridized carbons (Fsp3) is 0.500. The van der Waals surface area contributed by atoms with Crippen LogP contribution >= 0.6 is 0 Å². The van der Waals surface area contributed by atoms with Crippen molar-refractivity contribution in [3.8, 4) is 0 Å². The maximum absolute atomic E-state index is 12.7. The number of likely N-dealkylation sites (tertiary alicyclic amines) is 1. The molecule has 2 atom stereocenters. The van der Waals surface area contributed by atoms with Crippen molar-refractivity contribution in [2.75, 3.05) is 11.9 Å². The molecule has 3 heterocycles. The molecular weight excluding hydrogens is 422 g/mol. The van der Waals surface area contributed by atoms with E-state index in [9.17, 15) is 19.5 Å². The summed E-state index contributed by atoms with van der Waals surface area (Å²) < 4.78 is 1.76. The van der Waals surface area contributed by atoms with Crippen molar-refractivity contribution >= 4 is 34.2 Å². The number of hydrogen-bond acceptors (Lipinski definition) is 4. The molecule has 2 unspecified atom stereocenters. The van der Waals surface area contributed by atoms with Gasteiger partial charge in [0.05, 0.1) is 22.3 Å². The van der Waals surface area contributed by atoms with Crippen LogP contribution in [0.5, 0.6) is 0 Å². The first-order chi connectivity index (χ1) is 15.6. The van der Waals surface area contributed by atoms with E-state index >= 15 is 0 Å². The van der Waals surface area contributed by atoms with E-state index in [0.29, 0.717) is 41.6 Å². The van der Waals surface area contributed by atoms with Crippen molar-refractivity contribution in [3.05, 3.63) is 40.3 Å². The zero-order valence-electron chi connectivity index (χ0n) is 19.1. The Hall–Kier alpha value is -3.36. The lowest BCUT2D eigenvalue weighted by Gasteiger charge is -2.44. The van der Waals surface area contributed by atoms with Crippen LogP contribution in [-0.4, -0.2) is 49.2 Å². The number of H-pyrrole nitrogens is 1. The highest BCUT2D eigenvalue weighted by molar-refractivity contribution is 6.08. The number of rotatable bonds is 3. The van der Waals surface area contributed by atoms with Crippen molar-refractivity contribution in [1.82, 2.24) is 19.5 Å². The molecule has 33 heavy (non-hydrogen) atoms. The number of aromatic nitrogens is 3. The molecule has 3 N–H and O–H groups in total. The molecule has 5 rings (SSSR count). The van der Waals surface area contributed by atoms with Gasteiger partial charge in [0.25, 0.3) is 5.56 Å². The van der Waals surface area contributed by atoms with Gasteiger partial charge >= 0.3 is 6.09 Å². The molecule has 0 radical (unpaired) electrons. The summed E-state index contributed by atoms with van der Waals surface area (Å²) in [5.74, 6) is 0.0355. The van der Waals surface area contributed by atoms with Crippen molar-refractivity contribution in [2.45, 2.75) is 58.4 Å². The molecule has 2 aromatic heterocycles. The van der Waals surface area contributed by atoms with Crippen molar-refractivity contribution in [2.24, 2.45) is 11.3 Å². The zero-order chi connectivity index (χ0) is 23.5. The third-order valence-electron chi connectivity index (χ3n) is 6.94. The molecule has 9 nitrogen and oxygen atoms in total. The lowest BCUT2D eigenvalue weighted by atomic mass is 9.76. The minimum atomic E-state index is -0.912. The Labute approximate surface area is 190 Å². The molecule has 1 aliphatic carbocycles. The fourth-order valence-electron chi connectivity index (χ4n) is 5.05. The van der Waals surface area contributed by atoms with E-state index in [4.69, 9.17) is 5.10 Å². The molecule has 0 bridgehead atoms. The monoisotopic (exact) mass is 451 g/mol. The quantitative estimate of drug-likeness (QED) is 0.560. The van der Waals surface area contributed by atoms with Gasteiger partial charge in [-0.1, -0.05) is 26.8 Å². The van der Waals surface area contributed by atoms with Gasteiger partial charge in [-0.25, -0.2) is 9.31 Å². The lowest BCUT2D eigenvalue weighted by molar-refractivity contribution is -0.117. The molecule has 3 aromatic rings. The first-order valence-electron chi connectivity index (χ1n) is 11.5. The molecule has 2 amide bonds. The highest BCUT2D eigenvalue weighted by Crippen LogP contribution is 2.39. The van der Waals surface area contributed by atoms with Gasteiger partial charge in [-0.05, 0) is 43.2 Å². The minimum Gasteiger partial charge on any atom is -0.465 e. The van der Waals surface area contributed by atoms with Crippen LogP contribution < -0.4 is 10.9 Å². The van der Waals surface area contributed by atoms with Crippen molar-refractivity contribution in [3.63, 3.8) is 0 Å². The summed E-state index contributed by atoms with van der Waals surface area (Å²) in [4.78, 5) is 41.4. The largest absolute Gasteiger partial charge is 0.465 e. The minimum absolute atomic E-state index is 0.00517. The maximum atomic E-state index is 12.7. The number of anilines is 1. The Bertz CT molecular complexity index is 1310. The molecule has 1 aromatic carbocycles. The van der Waals surface area contributed by atoms with Crippen LogP contribution in [0, 0.1) is 11.3 Å². The second kappa shape index (κ2) is 7.60. The van der Waals surface area contributed by atoms with E-state index in [0.717, 1.165) is 18.5 Å². The molecule has 0 spiro atoms. The fourth-order valence-corrected chi connectivity index (χ4v) is 5.05. The van der Waals surface area contributed by atoms with Crippen LogP contribution in [0.3, 0.4) is 0 Å². The third kappa shape index (κ3) is 3.85. The van der Waals surface area contributed by atoms with Gasteiger partial charge in [-0.2, -0.15) is 5.10 Å². The predicted octanol–water partition coefficient (Wildman–Crippen LogP) is 3.80. The van der Waals surface area contributed by atoms with Gasteiger partial charge in [-0.3, -0.25) is 9.59 Å². The van der Waals surface area contributed by atoms with Gasteiger partial charge in [0.15, 0.2) is 0 Å². The first-order valence-corrected chi connectivity index (χ1v) is 11.5. The number of fused-ring (bicyclic) bond motifs is 3. The number of carboxylic acid groups (broad SMARTS) is 1. The number of benzene rings is 1. The SMILES string of the molecule is CC(C)(C)C1CC(c2cc(=O)[nH]c3c4c(NC(=O)C5CC5)cccc4nn23)CCN1C(=O)O. The van der Waals surface area contributed by atoms with E-state index in [2.05, 4.69) is 10.3 Å². The van der Waals surface area contributed by atoms with Crippen LogP contribution in [0.2, 0.25) is 0 Å². The summed E-state index contributed by atoms with van der Waals surface area (Å²) in [5.41, 5.74) is 2.15. The number of hydrogen-bond donors (Lipinski definition) is 3. The summed E-state index contributed by atoms with van der Waals surface area (Å²) in [6, 6.07) is 6.93. The first kappa shape index (κ1) is 21.5. The summed E-state index contributed by atoms with van der Waals surface area (Å²) >= 11 is 0. The highest BCUT2D eigenvalue weighted by Gasteiger charge is 2.40. The predicted molar refractivity (Wildman–Crippen MR) is 125 cm³/mol. The van der Waals surface area contributed by atoms with Crippen LogP contribution in [0.1, 0.15) is 58.1 Å². The Morgan fingerprint density at radius 3 is 2.64 bits per heavy atom. The lowest BCUT2D eigenvalue weighted by Crippen LogP contribution is -2.51. The Morgan fingerprint density at radius 1 is 1.21 bits per heavy atom. The van der Waals surface area contributed by atoms with E-state index < -0.39 is 6.09 Å². The molecular formula is C24H29N5O4. The number of amides is 2. The Kier molecular flexibility index (Phi) is 4.95. The van der Waals surface area contributed by atoms with E-state index in [-0.39, 0.29) is 34.8 Å². The topological polar surface area (TPSA) is 120 Å². The standard InChI is InChI=1S/C24H29N5O4/c1-24(2,3)18-11-14(9-10-28(18)23(32)33)17-12-19(30)26-21-20-15(25-22(31)13-7-8-13)5-4-6-16(20)27-29(17)21/h4-6,12-14,18H,7-11H2,1-3H3,(H,25,31)(H,26,30)(H,32,33). The smallest absolute Gasteiger partial charge is 0.407 e. The number of nitrogens with one attached hydrogen (secondary N) is 2. The number of piperidine rings is 1. The molecule has 1 saturated carbocycles. The highest BCUT2D eigenvalue weighted by atomic mass is 16.4. The van der Waals surface area contributed by atoms with Crippen molar-refractivity contribution < 1.29 is 14.7 Å². The number of nitrogens with zero attached hydrogens (tertiary/aromatic N) is 3. The number of aromatic amines is 1. The van der Waals surface area contributed by atoms with Crippen molar-refractivity contribution in [1.29, 1.82) is 0 Å². The van der Waals surface area contributed by atoms with Crippen LogP contribution in [0.4, 0.5) is 10.5 Å².